The fourth-order valence-corrected chi connectivity index (χ4v) is 2.97. The standard InChI is InChI=1S/C20H23N3O6/c1-23(11-16-12-28-7-8-29-16)18-17(20(25)26)9-14(10-21-18)22-19(24)13-3-5-15(27-2)6-4-13/h3-6,9-10,16H,7-8,11-12H2,1-2H3,(H,22,24)(H,25,26). The molecular formula is C20H23N3O6. The fraction of sp³-hybridized carbons (Fsp3) is 0.350. The van der Waals surface area contributed by atoms with Crippen molar-refractivity contribution in [2.75, 3.05) is 50.7 Å². The van der Waals surface area contributed by atoms with Gasteiger partial charge in [0.2, 0.25) is 0 Å². The van der Waals surface area contributed by atoms with Crippen LogP contribution in [0.1, 0.15) is 20.7 Å². The molecule has 1 unspecified atom stereocenters. The number of carboxylic acid groups (broad SMARTS) is 1. The van der Waals surface area contributed by atoms with Crippen LogP contribution in [0.25, 0.3) is 0 Å². The molecule has 1 amide bonds. The van der Waals surface area contributed by atoms with Gasteiger partial charge in [-0.05, 0) is 30.3 Å². The molecule has 2 N–H and O–H groups in total. The van der Waals surface area contributed by atoms with Gasteiger partial charge in [-0.15, -0.1) is 0 Å². The lowest BCUT2D eigenvalue weighted by Gasteiger charge is -2.28. The summed E-state index contributed by atoms with van der Waals surface area (Å²) in [5, 5.41) is 12.3. The Morgan fingerprint density at radius 2 is 2.07 bits per heavy atom. The first kappa shape index (κ1) is 20.6. The molecular weight excluding hydrogens is 378 g/mol. The molecule has 0 spiro atoms. The van der Waals surface area contributed by atoms with Crippen molar-refractivity contribution in [3.05, 3.63) is 47.7 Å². The number of carboxylic acids is 1. The number of anilines is 2. The summed E-state index contributed by atoms with van der Waals surface area (Å²) in [5.41, 5.74) is 0.688. The largest absolute Gasteiger partial charge is 0.497 e. The minimum atomic E-state index is -1.14. The normalized spacial score (nSPS) is 16.1. The van der Waals surface area contributed by atoms with Gasteiger partial charge in [0, 0.05) is 19.2 Å². The monoisotopic (exact) mass is 401 g/mol. The second-order valence-electron chi connectivity index (χ2n) is 6.53. The number of likely N-dealkylation sites (N-methyl/N-ethyl adjacent to an activating group) is 1. The number of nitrogens with zero attached hydrogens (tertiary/aromatic N) is 2. The Bertz CT molecular complexity index is 865. The van der Waals surface area contributed by atoms with Crippen molar-refractivity contribution in [2.24, 2.45) is 0 Å². The molecule has 0 bridgehead atoms. The Morgan fingerprint density at radius 1 is 1.31 bits per heavy atom. The van der Waals surface area contributed by atoms with Crippen LogP contribution in [0.15, 0.2) is 36.5 Å². The Labute approximate surface area is 168 Å². The van der Waals surface area contributed by atoms with E-state index < -0.39 is 5.97 Å². The molecule has 1 aliphatic rings. The highest BCUT2D eigenvalue weighted by molar-refractivity contribution is 6.05. The average Bonchev–Trinajstić information content (AvgIpc) is 2.74. The summed E-state index contributed by atoms with van der Waals surface area (Å²) < 4.78 is 16.0. The van der Waals surface area contributed by atoms with Crippen LogP contribution in [-0.2, 0) is 9.47 Å². The van der Waals surface area contributed by atoms with Gasteiger partial charge in [0.25, 0.3) is 5.91 Å². The zero-order chi connectivity index (χ0) is 20.8. The van der Waals surface area contributed by atoms with Crippen LogP contribution < -0.4 is 15.0 Å². The van der Waals surface area contributed by atoms with Crippen LogP contribution in [0.5, 0.6) is 5.75 Å². The molecule has 1 atom stereocenters. The summed E-state index contributed by atoms with van der Waals surface area (Å²) >= 11 is 0. The number of carbonyl (C=O) groups excluding carboxylic acids is 1. The van der Waals surface area contributed by atoms with Gasteiger partial charge in [0.15, 0.2) is 0 Å². The van der Waals surface area contributed by atoms with Gasteiger partial charge in [-0.3, -0.25) is 4.79 Å². The third-order valence-electron chi connectivity index (χ3n) is 4.43. The molecule has 1 aromatic heterocycles. The number of hydrogen-bond acceptors (Lipinski definition) is 7. The summed E-state index contributed by atoms with van der Waals surface area (Å²) in [7, 11) is 3.28. The number of aromatic nitrogens is 1. The van der Waals surface area contributed by atoms with Crippen LogP contribution in [0.2, 0.25) is 0 Å². The number of carbonyl (C=O) groups is 2. The quantitative estimate of drug-likeness (QED) is 0.724. The number of pyridine rings is 1. The average molecular weight is 401 g/mol. The maximum Gasteiger partial charge on any atom is 0.339 e. The third kappa shape index (κ3) is 5.21. The Morgan fingerprint density at radius 3 is 2.69 bits per heavy atom. The number of nitrogens with one attached hydrogen (secondary N) is 1. The van der Waals surface area contributed by atoms with E-state index in [1.54, 1.807) is 43.3 Å². The number of hydrogen-bond donors (Lipinski definition) is 2. The van der Waals surface area contributed by atoms with Crippen molar-refractivity contribution in [3.8, 4) is 5.75 Å². The van der Waals surface area contributed by atoms with Crippen molar-refractivity contribution < 1.29 is 28.9 Å². The van der Waals surface area contributed by atoms with E-state index >= 15 is 0 Å². The van der Waals surface area contributed by atoms with Crippen LogP contribution in [0.4, 0.5) is 11.5 Å². The number of methoxy groups -OCH3 is 1. The highest BCUT2D eigenvalue weighted by Crippen LogP contribution is 2.22. The maximum absolute atomic E-state index is 12.4. The smallest absolute Gasteiger partial charge is 0.339 e. The van der Waals surface area contributed by atoms with Gasteiger partial charge in [0.1, 0.15) is 17.1 Å². The first-order valence-corrected chi connectivity index (χ1v) is 9.07. The molecule has 3 rings (SSSR count). The van der Waals surface area contributed by atoms with Gasteiger partial charge in [-0.25, -0.2) is 9.78 Å². The number of amides is 1. The van der Waals surface area contributed by atoms with Gasteiger partial charge in [0.05, 0.1) is 44.9 Å². The second kappa shape index (κ2) is 9.35. The third-order valence-corrected chi connectivity index (χ3v) is 4.43. The fourth-order valence-electron chi connectivity index (χ4n) is 2.97. The lowest BCUT2D eigenvalue weighted by molar-refractivity contribution is -0.0837. The number of benzene rings is 1. The lowest BCUT2D eigenvalue weighted by Crippen LogP contribution is -2.39. The van der Waals surface area contributed by atoms with E-state index in [1.165, 1.54) is 12.3 Å². The Balaban J connectivity index is 1.74. The molecule has 1 aromatic carbocycles. The molecule has 2 heterocycles. The summed E-state index contributed by atoms with van der Waals surface area (Å²) in [6.07, 6.45) is 1.27. The van der Waals surface area contributed by atoms with E-state index in [9.17, 15) is 14.7 Å². The van der Waals surface area contributed by atoms with Gasteiger partial charge in [-0.1, -0.05) is 0 Å². The molecule has 1 fully saturated rings. The van der Waals surface area contributed by atoms with Gasteiger partial charge in [-0.2, -0.15) is 0 Å². The highest BCUT2D eigenvalue weighted by Gasteiger charge is 2.22. The molecule has 1 saturated heterocycles. The number of ether oxygens (including phenoxy) is 3. The van der Waals surface area contributed by atoms with Gasteiger partial charge < -0.3 is 29.5 Å². The highest BCUT2D eigenvalue weighted by atomic mass is 16.6. The van der Waals surface area contributed by atoms with Crippen molar-refractivity contribution >= 4 is 23.4 Å². The molecule has 2 aromatic rings. The van der Waals surface area contributed by atoms with Crippen LogP contribution in [-0.4, -0.2) is 68.6 Å². The molecule has 29 heavy (non-hydrogen) atoms. The maximum atomic E-state index is 12.4. The number of aromatic carboxylic acids is 1. The molecule has 154 valence electrons. The Kier molecular flexibility index (Phi) is 6.63. The molecule has 0 radical (unpaired) electrons. The predicted molar refractivity (Wildman–Crippen MR) is 106 cm³/mol. The van der Waals surface area contributed by atoms with Crippen molar-refractivity contribution in [3.63, 3.8) is 0 Å². The zero-order valence-electron chi connectivity index (χ0n) is 16.3. The first-order chi connectivity index (χ1) is 14.0. The van der Waals surface area contributed by atoms with E-state index in [4.69, 9.17) is 14.2 Å². The van der Waals surface area contributed by atoms with Crippen LogP contribution in [0.3, 0.4) is 0 Å². The topological polar surface area (TPSA) is 110 Å². The van der Waals surface area contributed by atoms with Crippen molar-refractivity contribution in [1.29, 1.82) is 0 Å². The first-order valence-electron chi connectivity index (χ1n) is 9.07. The van der Waals surface area contributed by atoms with Crippen molar-refractivity contribution in [2.45, 2.75) is 6.10 Å². The SMILES string of the molecule is COc1ccc(C(=O)Nc2cnc(N(C)CC3COCCO3)c(C(=O)O)c2)cc1. The van der Waals surface area contributed by atoms with E-state index in [2.05, 4.69) is 10.3 Å². The minimum Gasteiger partial charge on any atom is -0.497 e. The summed E-state index contributed by atoms with van der Waals surface area (Å²) in [6.45, 7) is 1.95. The Hall–Kier alpha value is -3.17. The molecule has 9 nitrogen and oxygen atoms in total. The van der Waals surface area contributed by atoms with E-state index in [1.807, 2.05) is 0 Å². The van der Waals surface area contributed by atoms with E-state index in [0.717, 1.165) is 0 Å². The summed E-state index contributed by atoms with van der Waals surface area (Å²) in [4.78, 5) is 30.1. The minimum absolute atomic E-state index is 0.0169. The number of rotatable bonds is 7. The predicted octanol–water partition coefficient (Wildman–Crippen LogP) is 1.89. The summed E-state index contributed by atoms with van der Waals surface area (Å²) in [6, 6.07) is 7.97. The lowest BCUT2D eigenvalue weighted by atomic mass is 10.2. The molecule has 0 saturated carbocycles. The molecule has 9 heteroatoms. The van der Waals surface area contributed by atoms with E-state index in [0.29, 0.717) is 37.7 Å². The summed E-state index contributed by atoms with van der Waals surface area (Å²) in [5.74, 6) is -0.592. The second-order valence-corrected chi connectivity index (χ2v) is 6.53. The molecule has 1 aliphatic heterocycles. The van der Waals surface area contributed by atoms with E-state index in [-0.39, 0.29) is 29.1 Å². The van der Waals surface area contributed by atoms with Gasteiger partial charge >= 0.3 is 5.97 Å². The van der Waals surface area contributed by atoms with Crippen LogP contribution >= 0.6 is 0 Å². The van der Waals surface area contributed by atoms with Crippen LogP contribution in [0, 0.1) is 0 Å². The van der Waals surface area contributed by atoms with Crippen molar-refractivity contribution in [1.82, 2.24) is 4.98 Å². The zero-order valence-corrected chi connectivity index (χ0v) is 16.3. The molecule has 0 aliphatic carbocycles.